The van der Waals surface area contributed by atoms with Crippen molar-refractivity contribution in [2.24, 2.45) is 11.8 Å². The number of hydrogen-bond acceptors (Lipinski definition) is 2. The van der Waals surface area contributed by atoms with Crippen molar-refractivity contribution in [1.82, 2.24) is 9.29 Å². The molecule has 1 N–H and O–H groups in total. The van der Waals surface area contributed by atoms with Gasteiger partial charge in [0.2, 0.25) is 10.0 Å². The minimum absolute atomic E-state index is 0.423. The molecule has 0 saturated carbocycles. The summed E-state index contributed by atoms with van der Waals surface area (Å²) in [5.74, 6) is 0.847. The highest BCUT2D eigenvalue weighted by molar-refractivity contribution is 7.89. The quantitative estimate of drug-likeness (QED) is 0.901. The summed E-state index contributed by atoms with van der Waals surface area (Å²) in [6.07, 6.45) is 5.65. The molecule has 5 heteroatoms. The number of nitrogens with zero attached hydrogens (tertiary/aromatic N) is 1. The Labute approximate surface area is 144 Å². The molecule has 1 aliphatic heterocycles. The van der Waals surface area contributed by atoms with E-state index >= 15 is 0 Å². The van der Waals surface area contributed by atoms with Crippen molar-refractivity contribution in [2.75, 3.05) is 13.1 Å². The zero-order valence-electron chi connectivity index (χ0n) is 14.5. The number of aromatic amines is 1. The van der Waals surface area contributed by atoms with Crippen molar-refractivity contribution in [3.05, 3.63) is 29.5 Å². The number of rotatable bonds is 2. The van der Waals surface area contributed by atoms with Crippen LogP contribution >= 0.6 is 0 Å². The molecule has 2 heterocycles. The average Bonchev–Trinajstić information content (AvgIpc) is 2.91. The molecular formula is C19H26N2O2S. The summed E-state index contributed by atoms with van der Waals surface area (Å²) in [6, 6.07) is 5.61. The number of fused-ring (bicyclic) bond motifs is 3. The van der Waals surface area contributed by atoms with E-state index in [0.717, 1.165) is 30.2 Å². The van der Waals surface area contributed by atoms with Crippen LogP contribution in [0.25, 0.3) is 10.9 Å². The van der Waals surface area contributed by atoms with E-state index in [2.05, 4.69) is 18.8 Å². The highest BCUT2D eigenvalue weighted by atomic mass is 32.2. The molecule has 2 aliphatic rings. The highest BCUT2D eigenvalue weighted by Gasteiger charge is 2.32. The van der Waals surface area contributed by atoms with Gasteiger partial charge in [-0.1, -0.05) is 13.8 Å². The lowest BCUT2D eigenvalue weighted by atomic mass is 9.94. The lowest BCUT2D eigenvalue weighted by Gasteiger charge is -2.34. The lowest BCUT2D eigenvalue weighted by Crippen LogP contribution is -2.42. The van der Waals surface area contributed by atoms with E-state index in [-0.39, 0.29) is 0 Å². The van der Waals surface area contributed by atoms with Crippen molar-refractivity contribution in [3.8, 4) is 0 Å². The molecule has 2 aromatic rings. The van der Waals surface area contributed by atoms with E-state index in [1.54, 1.807) is 10.4 Å². The third-order valence-corrected chi connectivity index (χ3v) is 7.37. The molecule has 1 saturated heterocycles. The molecular weight excluding hydrogens is 320 g/mol. The van der Waals surface area contributed by atoms with Crippen LogP contribution in [-0.4, -0.2) is 30.8 Å². The third kappa shape index (κ3) is 2.68. The van der Waals surface area contributed by atoms with E-state index in [0.29, 0.717) is 29.8 Å². The number of aryl methyl sites for hydroxylation is 2. The minimum atomic E-state index is -3.40. The largest absolute Gasteiger partial charge is 0.358 e. The van der Waals surface area contributed by atoms with Gasteiger partial charge in [-0.3, -0.25) is 0 Å². The molecule has 1 aromatic carbocycles. The highest BCUT2D eigenvalue weighted by Crippen LogP contribution is 2.32. The summed E-state index contributed by atoms with van der Waals surface area (Å²) in [5, 5.41) is 1.10. The summed E-state index contributed by atoms with van der Waals surface area (Å²) in [6.45, 7) is 5.56. The first kappa shape index (κ1) is 16.2. The van der Waals surface area contributed by atoms with Crippen molar-refractivity contribution >= 4 is 20.9 Å². The lowest BCUT2D eigenvalue weighted by molar-refractivity contribution is 0.222. The van der Waals surface area contributed by atoms with Gasteiger partial charge in [-0.25, -0.2) is 8.42 Å². The van der Waals surface area contributed by atoms with Gasteiger partial charge in [-0.05, 0) is 67.7 Å². The number of benzene rings is 1. The van der Waals surface area contributed by atoms with Crippen molar-refractivity contribution < 1.29 is 8.42 Å². The number of aromatic nitrogens is 1. The van der Waals surface area contributed by atoms with Crippen LogP contribution in [0.15, 0.2) is 23.1 Å². The summed E-state index contributed by atoms with van der Waals surface area (Å²) in [5.41, 5.74) is 3.70. The Kier molecular flexibility index (Phi) is 3.96. The number of hydrogen-bond donors (Lipinski definition) is 1. The van der Waals surface area contributed by atoms with Crippen LogP contribution in [0, 0.1) is 11.8 Å². The molecule has 0 spiro atoms. The SMILES string of the molecule is C[C@@H]1C[C@H](C)CN(S(=O)(=O)c2ccc3[nH]c4c(c3c2)CCCC4)C1. The van der Waals surface area contributed by atoms with Gasteiger partial charge in [-0.2, -0.15) is 4.31 Å². The second kappa shape index (κ2) is 5.88. The normalized spacial score (nSPS) is 25.8. The predicted molar refractivity (Wildman–Crippen MR) is 96.6 cm³/mol. The number of piperidine rings is 1. The maximum atomic E-state index is 13.1. The van der Waals surface area contributed by atoms with Crippen LogP contribution in [0.3, 0.4) is 0 Å². The second-order valence-corrected chi connectivity index (χ2v) is 9.70. The zero-order valence-corrected chi connectivity index (χ0v) is 15.3. The molecule has 24 heavy (non-hydrogen) atoms. The smallest absolute Gasteiger partial charge is 0.243 e. The first-order valence-electron chi connectivity index (χ1n) is 9.09. The van der Waals surface area contributed by atoms with Gasteiger partial charge >= 0.3 is 0 Å². The predicted octanol–water partition coefficient (Wildman–Crippen LogP) is 3.71. The first-order valence-corrected chi connectivity index (χ1v) is 10.5. The van der Waals surface area contributed by atoms with Crippen LogP contribution in [0.2, 0.25) is 0 Å². The third-order valence-electron chi connectivity index (χ3n) is 5.54. The van der Waals surface area contributed by atoms with Gasteiger partial charge in [0.15, 0.2) is 0 Å². The molecule has 130 valence electrons. The van der Waals surface area contributed by atoms with Crippen molar-refractivity contribution in [1.29, 1.82) is 0 Å². The number of sulfonamides is 1. The van der Waals surface area contributed by atoms with Crippen LogP contribution in [0.4, 0.5) is 0 Å². The van der Waals surface area contributed by atoms with Gasteiger partial charge in [0.1, 0.15) is 0 Å². The fraction of sp³-hybridized carbons (Fsp3) is 0.579. The Morgan fingerprint density at radius 1 is 1.08 bits per heavy atom. The van der Waals surface area contributed by atoms with Crippen molar-refractivity contribution in [2.45, 2.75) is 50.8 Å². The molecule has 0 bridgehead atoms. The molecule has 1 aliphatic carbocycles. The average molecular weight is 346 g/mol. The Balaban J connectivity index is 1.75. The summed E-state index contributed by atoms with van der Waals surface area (Å²) in [7, 11) is -3.40. The van der Waals surface area contributed by atoms with E-state index in [1.165, 1.54) is 24.1 Å². The van der Waals surface area contributed by atoms with E-state index < -0.39 is 10.0 Å². The van der Waals surface area contributed by atoms with E-state index in [4.69, 9.17) is 0 Å². The molecule has 0 unspecified atom stereocenters. The Morgan fingerprint density at radius 3 is 2.54 bits per heavy atom. The molecule has 4 nitrogen and oxygen atoms in total. The van der Waals surface area contributed by atoms with Crippen LogP contribution in [0.5, 0.6) is 0 Å². The first-order chi connectivity index (χ1) is 11.4. The molecule has 2 atom stereocenters. The maximum absolute atomic E-state index is 13.1. The topological polar surface area (TPSA) is 53.2 Å². The summed E-state index contributed by atoms with van der Waals surface area (Å²) >= 11 is 0. The minimum Gasteiger partial charge on any atom is -0.358 e. The number of H-pyrrole nitrogens is 1. The fourth-order valence-electron chi connectivity index (χ4n) is 4.50. The van der Waals surface area contributed by atoms with Gasteiger partial charge in [-0.15, -0.1) is 0 Å². The second-order valence-electron chi connectivity index (χ2n) is 7.76. The molecule has 1 fully saturated rings. The number of nitrogens with one attached hydrogen (secondary N) is 1. The molecule has 0 radical (unpaired) electrons. The summed E-state index contributed by atoms with van der Waals surface area (Å²) in [4.78, 5) is 3.93. The van der Waals surface area contributed by atoms with Gasteiger partial charge in [0.05, 0.1) is 4.90 Å². The van der Waals surface area contributed by atoms with Gasteiger partial charge < -0.3 is 4.98 Å². The van der Waals surface area contributed by atoms with Crippen LogP contribution < -0.4 is 0 Å². The Bertz CT molecular complexity index is 859. The van der Waals surface area contributed by atoms with Gasteiger partial charge in [0.25, 0.3) is 0 Å². The molecule has 4 rings (SSSR count). The Morgan fingerprint density at radius 2 is 1.79 bits per heavy atom. The summed E-state index contributed by atoms with van der Waals surface area (Å²) < 4.78 is 27.9. The maximum Gasteiger partial charge on any atom is 0.243 e. The molecule has 0 amide bonds. The standard InChI is InChI=1S/C19H26N2O2S/c1-13-9-14(2)12-21(11-13)24(22,23)15-7-8-19-17(10-15)16-5-3-4-6-18(16)20-19/h7-8,10,13-14,20H,3-6,9,11-12H2,1-2H3/t13-,14+. The zero-order chi connectivity index (χ0) is 16.9. The van der Waals surface area contributed by atoms with Crippen LogP contribution in [0.1, 0.15) is 44.4 Å². The monoisotopic (exact) mass is 346 g/mol. The molecule has 1 aromatic heterocycles. The van der Waals surface area contributed by atoms with E-state index in [1.807, 2.05) is 12.1 Å². The van der Waals surface area contributed by atoms with E-state index in [9.17, 15) is 8.42 Å². The van der Waals surface area contributed by atoms with Gasteiger partial charge in [0, 0.05) is 29.7 Å². The van der Waals surface area contributed by atoms with Crippen LogP contribution in [-0.2, 0) is 22.9 Å². The Hall–Kier alpha value is -1.33. The fourth-order valence-corrected chi connectivity index (χ4v) is 6.20. The van der Waals surface area contributed by atoms with Crippen molar-refractivity contribution in [3.63, 3.8) is 0 Å².